The largest absolute Gasteiger partial charge is 0.395 e. The number of aliphatic hydroxyl groups is 1. The van der Waals surface area contributed by atoms with Crippen molar-refractivity contribution in [1.29, 1.82) is 0 Å². The third-order valence-corrected chi connectivity index (χ3v) is 5.17. The summed E-state index contributed by atoms with van der Waals surface area (Å²) in [6, 6.07) is 0. The van der Waals surface area contributed by atoms with Crippen LogP contribution in [0.4, 0.5) is 0 Å². The predicted octanol–water partition coefficient (Wildman–Crippen LogP) is 0.200. The number of hydrogen-bond donors (Lipinski definition) is 1. The monoisotopic (exact) mass is 251 g/mol. The molecule has 1 saturated heterocycles. The number of hydrogen-bond acceptors (Lipinski definition) is 4. The van der Waals surface area contributed by atoms with Gasteiger partial charge >= 0.3 is 0 Å². The van der Waals surface area contributed by atoms with Gasteiger partial charge in [-0.3, -0.25) is 0 Å². The van der Waals surface area contributed by atoms with Gasteiger partial charge in [-0.25, -0.2) is 8.42 Å². The van der Waals surface area contributed by atoms with E-state index < -0.39 is 10.0 Å². The maximum atomic E-state index is 12.2. The Hall–Kier alpha value is -0.170. The number of rotatable bonds is 6. The Bertz CT molecular complexity index is 279. The molecule has 1 rings (SSSR count). The highest BCUT2D eigenvalue weighted by Crippen LogP contribution is 2.19. The van der Waals surface area contributed by atoms with E-state index in [4.69, 9.17) is 9.84 Å². The lowest BCUT2D eigenvalue weighted by Crippen LogP contribution is -2.43. The van der Waals surface area contributed by atoms with Crippen LogP contribution < -0.4 is 0 Å². The normalized spacial score (nSPS) is 19.2. The molecule has 0 spiro atoms. The Labute approximate surface area is 97.4 Å². The van der Waals surface area contributed by atoms with Crippen LogP contribution in [-0.4, -0.2) is 56.0 Å². The molecule has 1 aliphatic rings. The molecule has 0 unspecified atom stereocenters. The lowest BCUT2D eigenvalue weighted by atomic mass is 10.2. The highest BCUT2D eigenvalue weighted by Gasteiger charge is 2.32. The fourth-order valence-electron chi connectivity index (χ4n) is 1.91. The van der Waals surface area contributed by atoms with Gasteiger partial charge in [0.1, 0.15) is 0 Å². The summed E-state index contributed by atoms with van der Waals surface area (Å²) >= 11 is 0. The molecule has 6 heteroatoms. The summed E-state index contributed by atoms with van der Waals surface area (Å²) in [5.41, 5.74) is 0. The van der Waals surface area contributed by atoms with Crippen molar-refractivity contribution >= 4 is 10.0 Å². The van der Waals surface area contributed by atoms with Crippen LogP contribution in [0.5, 0.6) is 0 Å². The van der Waals surface area contributed by atoms with Gasteiger partial charge < -0.3 is 9.84 Å². The number of sulfonamides is 1. The molecule has 1 N–H and O–H groups in total. The second kappa shape index (κ2) is 6.54. The van der Waals surface area contributed by atoms with Crippen LogP contribution in [0.25, 0.3) is 0 Å². The zero-order chi connectivity index (χ0) is 12.0. The van der Waals surface area contributed by atoms with Crippen molar-refractivity contribution in [3.05, 3.63) is 0 Å². The summed E-state index contributed by atoms with van der Waals surface area (Å²) in [6.07, 6.45) is 1.89. The zero-order valence-electron chi connectivity index (χ0n) is 9.76. The van der Waals surface area contributed by atoms with E-state index in [9.17, 15) is 8.42 Å². The van der Waals surface area contributed by atoms with Gasteiger partial charge in [-0.05, 0) is 19.3 Å². The number of nitrogens with zero attached hydrogens (tertiary/aromatic N) is 1. The van der Waals surface area contributed by atoms with Gasteiger partial charge in [-0.2, -0.15) is 4.31 Å². The number of aliphatic hydroxyl groups excluding tert-OH is 1. The first-order chi connectivity index (χ1) is 7.62. The second-order valence-corrected chi connectivity index (χ2v) is 6.19. The van der Waals surface area contributed by atoms with Crippen LogP contribution in [0, 0.1) is 0 Å². The van der Waals surface area contributed by atoms with Crippen molar-refractivity contribution in [3.8, 4) is 0 Å². The molecule has 0 aliphatic carbocycles. The van der Waals surface area contributed by atoms with Gasteiger partial charge in [0.25, 0.3) is 0 Å². The highest BCUT2D eigenvalue weighted by molar-refractivity contribution is 7.89. The Kier molecular flexibility index (Phi) is 5.68. The van der Waals surface area contributed by atoms with Gasteiger partial charge in [-0.15, -0.1) is 0 Å². The van der Waals surface area contributed by atoms with Gasteiger partial charge in [0, 0.05) is 26.3 Å². The van der Waals surface area contributed by atoms with E-state index in [1.807, 2.05) is 6.92 Å². The fourth-order valence-corrected chi connectivity index (χ4v) is 3.89. The predicted molar refractivity (Wildman–Crippen MR) is 61.7 cm³/mol. The molecule has 1 fully saturated rings. The third-order valence-electron chi connectivity index (χ3n) is 2.77. The molecule has 0 aromatic carbocycles. The van der Waals surface area contributed by atoms with Gasteiger partial charge in [-0.1, -0.05) is 6.92 Å². The summed E-state index contributed by atoms with van der Waals surface area (Å²) < 4.78 is 31.0. The molecule has 0 saturated carbocycles. The van der Waals surface area contributed by atoms with E-state index >= 15 is 0 Å². The molecular formula is C10H21NO4S. The average molecular weight is 251 g/mol. The Morgan fingerprint density at radius 3 is 2.44 bits per heavy atom. The first-order valence-electron chi connectivity index (χ1n) is 5.80. The average Bonchev–Trinajstić information content (AvgIpc) is 2.30. The van der Waals surface area contributed by atoms with E-state index in [0.29, 0.717) is 32.6 Å². The van der Waals surface area contributed by atoms with Crippen LogP contribution in [-0.2, 0) is 14.8 Å². The molecule has 0 bridgehead atoms. The van der Waals surface area contributed by atoms with Crippen LogP contribution in [0.3, 0.4) is 0 Å². The van der Waals surface area contributed by atoms with Crippen LogP contribution in [0.2, 0.25) is 0 Å². The van der Waals surface area contributed by atoms with E-state index in [-0.39, 0.29) is 18.4 Å². The molecular weight excluding hydrogens is 230 g/mol. The second-order valence-electron chi connectivity index (χ2n) is 3.98. The van der Waals surface area contributed by atoms with E-state index in [2.05, 4.69) is 0 Å². The molecule has 0 aromatic heterocycles. The fraction of sp³-hybridized carbons (Fsp3) is 1.00. The quantitative estimate of drug-likeness (QED) is 0.732. The molecule has 0 amide bonds. The maximum Gasteiger partial charge on any atom is 0.217 e. The topological polar surface area (TPSA) is 66.8 Å². The van der Waals surface area contributed by atoms with E-state index in [0.717, 1.165) is 6.42 Å². The molecule has 5 nitrogen and oxygen atoms in total. The van der Waals surface area contributed by atoms with Crippen molar-refractivity contribution in [1.82, 2.24) is 4.31 Å². The van der Waals surface area contributed by atoms with Gasteiger partial charge in [0.05, 0.1) is 11.9 Å². The summed E-state index contributed by atoms with van der Waals surface area (Å²) in [4.78, 5) is 0. The minimum absolute atomic E-state index is 0.123. The summed E-state index contributed by atoms with van der Waals surface area (Å²) in [7, 11) is -3.26. The minimum atomic E-state index is -3.26. The van der Waals surface area contributed by atoms with Crippen molar-refractivity contribution in [3.63, 3.8) is 0 Å². The SMILES string of the molecule is CCCN(CCO)S(=O)(=O)C1CCOCC1. The molecule has 1 heterocycles. The summed E-state index contributed by atoms with van der Waals surface area (Å²) in [5.74, 6) is 0. The van der Waals surface area contributed by atoms with Gasteiger partial charge in [0.15, 0.2) is 0 Å². The lowest BCUT2D eigenvalue weighted by Gasteiger charge is -2.29. The molecule has 1 aliphatic heterocycles. The van der Waals surface area contributed by atoms with E-state index in [1.54, 1.807) is 0 Å². The van der Waals surface area contributed by atoms with Crippen molar-refractivity contribution < 1.29 is 18.3 Å². The van der Waals surface area contributed by atoms with Crippen molar-refractivity contribution in [2.75, 3.05) is 32.9 Å². The highest BCUT2D eigenvalue weighted by atomic mass is 32.2. The van der Waals surface area contributed by atoms with Gasteiger partial charge in [0.2, 0.25) is 10.0 Å². The van der Waals surface area contributed by atoms with Crippen molar-refractivity contribution in [2.45, 2.75) is 31.4 Å². The lowest BCUT2D eigenvalue weighted by molar-refractivity contribution is 0.0970. The van der Waals surface area contributed by atoms with E-state index in [1.165, 1.54) is 4.31 Å². The van der Waals surface area contributed by atoms with Crippen LogP contribution in [0.15, 0.2) is 0 Å². The molecule has 0 radical (unpaired) electrons. The third kappa shape index (κ3) is 3.41. The standard InChI is InChI=1S/C10H21NO4S/c1-2-5-11(6-7-12)16(13,14)10-3-8-15-9-4-10/h10,12H,2-9H2,1H3. The summed E-state index contributed by atoms with van der Waals surface area (Å²) in [6.45, 7) is 3.53. The molecule has 16 heavy (non-hydrogen) atoms. The Balaban J connectivity index is 2.70. The number of ether oxygens (including phenoxy) is 1. The Morgan fingerprint density at radius 2 is 1.94 bits per heavy atom. The maximum absolute atomic E-state index is 12.2. The van der Waals surface area contributed by atoms with Crippen LogP contribution >= 0.6 is 0 Å². The van der Waals surface area contributed by atoms with Crippen LogP contribution in [0.1, 0.15) is 26.2 Å². The summed E-state index contributed by atoms with van der Waals surface area (Å²) in [5, 5.41) is 8.56. The molecule has 0 aromatic rings. The first kappa shape index (κ1) is 13.9. The molecule has 96 valence electrons. The smallest absolute Gasteiger partial charge is 0.217 e. The molecule has 0 atom stereocenters. The first-order valence-corrected chi connectivity index (χ1v) is 7.30. The minimum Gasteiger partial charge on any atom is -0.395 e. The Morgan fingerprint density at radius 1 is 1.31 bits per heavy atom. The van der Waals surface area contributed by atoms with Crippen molar-refractivity contribution in [2.24, 2.45) is 0 Å². The zero-order valence-corrected chi connectivity index (χ0v) is 10.6.